The molecule has 0 bridgehead atoms. The first kappa shape index (κ1) is 25.5. The highest BCUT2D eigenvalue weighted by Crippen LogP contribution is 2.35. The number of benzene rings is 1. The van der Waals surface area contributed by atoms with Crippen LogP contribution in [0.5, 0.6) is 11.5 Å². The molecule has 0 unspecified atom stereocenters. The second-order valence-electron chi connectivity index (χ2n) is 8.64. The molecule has 2 heterocycles. The molecule has 1 aromatic carbocycles. The topological polar surface area (TPSA) is 134 Å². The van der Waals surface area contributed by atoms with Gasteiger partial charge in [-0.05, 0) is 55.3 Å². The largest absolute Gasteiger partial charge is 0.493 e. The summed E-state index contributed by atoms with van der Waals surface area (Å²) in [4.78, 5) is 64.6. The number of carbonyl (C=O) groups is 5. The van der Waals surface area contributed by atoms with Crippen molar-refractivity contribution in [2.75, 3.05) is 33.4 Å². The van der Waals surface area contributed by atoms with Crippen molar-refractivity contribution in [3.63, 3.8) is 0 Å². The molecule has 4 rings (SSSR count). The van der Waals surface area contributed by atoms with Crippen LogP contribution in [0.2, 0.25) is 0 Å². The van der Waals surface area contributed by atoms with E-state index in [4.69, 9.17) is 9.47 Å². The van der Waals surface area contributed by atoms with Gasteiger partial charge < -0.3 is 20.1 Å². The molecule has 0 aromatic heterocycles. The summed E-state index contributed by atoms with van der Waals surface area (Å²) in [6.07, 6.45) is 4.45. The lowest BCUT2D eigenvalue weighted by Gasteiger charge is -2.20. The van der Waals surface area contributed by atoms with Crippen LogP contribution in [-0.4, -0.2) is 77.7 Å². The van der Waals surface area contributed by atoms with Gasteiger partial charge in [0.25, 0.3) is 17.1 Å². The minimum atomic E-state index is -0.876. The molecule has 1 aliphatic carbocycles. The zero-order valence-electron chi connectivity index (χ0n) is 20.1. The van der Waals surface area contributed by atoms with E-state index in [1.807, 2.05) is 6.92 Å². The quantitative estimate of drug-likeness (QED) is 0.377. The Morgan fingerprint density at radius 3 is 2.61 bits per heavy atom. The summed E-state index contributed by atoms with van der Waals surface area (Å²) < 4.78 is 10.8. The summed E-state index contributed by atoms with van der Waals surface area (Å²) in [5.41, 5.74) is -0.207. The van der Waals surface area contributed by atoms with Crippen molar-refractivity contribution in [2.24, 2.45) is 0 Å². The van der Waals surface area contributed by atoms with Gasteiger partial charge in [0.2, 0.25) is 5.91 Å². The zero-order chi connectivity index (χ0) is 25.9. The first-order valence-electron chi connectivity index (χ1n) is 11.7. The molecule has 2 saturated heterocycles. The molecule has 12 heteroatoms. The standard InChI is InChI=1S/C24H28N4O7S/c1-3-35-16-7-6-15(12-17(16)34-2)13-18-20(30)27(23(33)36-18)11-10-25-19(29)14-28-21(31)24(26-22(28)32)8-4-5-9-24/h6-7,12-13H,3-5,8-11,14H2,1-2H3,(H,25,29)(H,26,32)/b18-13+. The van der Waals surface area contributed by atoms with E-state index in [2.05, 4.69) is 10.6 Å². The third-order valence-corrected chi connectivity index (χ3v) is 7.23. The number of rotatable bonds is 9. The first-order chi connectivity index (χ1) is 17.3. The number of thioether (sulfide) groups is 1. The van der Waals surface area contributed by atoms with E-state index >= 15 is 0 Å². The maximum Gasteiger partial charge on any atom is 0.325 e. The van der Waals surface area contributed by atoms with Crippen molar-refractivity contribution in [2.45, 2.75) is 38.1 Å². The van der Waals surface area contributed by atoms with Crippen LogP contribution < -0.4 is 20.1 Å². The third-order valence-electron chi connectivity index (χ3n) is 6.32. The summed E-state index contributed by atoms with van der Waals surface area (Å²) in [7, 11) is 1.52. The van der Waals surface area contributed by atoms with Crippen molar-refractivity contribution in [3.05, 3.63) is 28.7 Å². The summed E-state index contributed by atoms with van der Waals surface area (Å²) >= 11 is 0.809. The normalized spacial score (nSPS) is 20.0. The summed E-state index contributed by atoms with van der Waals surface area (Å²) in [5, 5.41) is 4.85. The van der Waals surface area contributed by atoms with Crippen molar-refractivity contribution >= 4 is 46.8 Å². The van der Waals surface area contributed by atoms with Crippen LogP contribution in [0.15, 0.2) is 23.1 Å². The second-order valence-corrected chi connectivity index (χ2v) is 9.63. The highest BCUT2D eigenvalue weighted by atomic mass is 32.2. The highest BCUT2D eigenvalue weighted by molar-refractivity contribution is 8.18. The van der Waals surface area contributed by atoms with Crippen molar-refractivity contribution in [3.8, 4) is 11.5 Å². The van der Waals surface area contributed by atoms with Gasteiger partial charge in [-0.2, -0.15) is 0 Å². The number of hydrogen-bond donors (Lipinski definition) is 2. The fourth-order valence-corrected chi connectivity index (χ4v) is 5.40. The van der Waals surface area contributed by atoms with E-state index in [1.165, 1.54) is 7.11 Å². The number of imide groups is 2. The van der Waals surface area contributed by atoms with E-state index in [1.54, 1.807) is 24.3 Å². The van der Waals surface area contributed by atoms with Gasteiger partial charge in [-0.15, -0.1) is 0 Å². The van der Waals surface area contributed by atoms with Crippen molar-refractivity contribution in [1.82, 2.24) is 20.4 Å². The molecule has 3 fully saturated rings. The fraction of sp³-hybridized carbons (Fsp3) is 0.458. The third kappa shape index (κ3) is 5.03. The Labute approximate surface area is 212 Å². The molecule has 0 atom stereocenters. The molecule has 2 aliphatic heterocycles. The molecule has 1 aromatic rings. The molecule has 3 aliphatic rings. The van der Waals surface area contributed by atoms with Crippen molar-refractivity contribution in [1.29, 1.82) is 0 Å². The van der Waals surface area contributed by atoms with Crippen LogP contribution in [-0.2, 0) is 14.4 Å². The molecule has 11 nitrogen and oxygen atoms in total. The summed E-state index contributed by atoms with van der Waals surface area (Å²) in [6.45, 7) is 1.89. The number of hydrogen-bond acceptors (Lipinski definition) is 8. The first-order valence-corrected chi connectivity index (χ1v) is 12.6. The summed E-state index contributed by atoms with van der Waals surface area (Å²) in [5.74, 6) is -0.298. The van der Waals surface area contributed by atoms with Crippen LogP contribution in [0.3, 0.4) is 0 Å². The predicted molar refractivity (Wildman–Crippen MR) is 131 cm³/mol. The van der Waals surface area contributed by atoms with Gasteiger partial charge >= 0.3 is 6.03 Å². The molecular weight excluding hydrogens is 488 g/mol. The Hall–Kier alpha value is -3.54. The van der Waals surface area contributed by atoms with Crippen LogP contribution in [0.25, 0.3) is 6.08 Å². The van der Waals surface area contributed by atoms with Gasteiger partial charge in [-0.3, -0.25) is 29.0 Å². The lowest BCUT2D eigenvalue weighted by molar-refractivity contribution is -0.134. The smallest absolute Gasteiger partial charge is 0.325 e. The van der Waals surface area contributed by atoms with Gasteiger partial charge in [0, 0.05) is 13.1 Å². The van der Waals surface area contributed by atoms with E-state index in [-0.39, 0.29) is 23.9 Å². The second kappa shape index (κ2) is 10.6. The molecule has 0 radical (unpaired) electrons. The number of amides is 6. The van der Waals surface area contributed by atoms with Gasteiger partial charge in [0.15, 0.2) is 11.5 Å². The van der Waals surface area contributed by atoms with Gasteiger partial charge in [-0.25, -0.2) is 4.79 Å². The lowest BCUT2D eigenvalue weighted by atomic mass is 9.98. The van der Waals surface area contributed by atoms with Gasteiger partial charge in [0.1, 0.15) is 12.1 Å². The molecule has 192 valence electrons. The minimum absolute atomic E-state index is 0.00414. The SMILES string of the molecule is CCOc1ccc(/C=C2/SC(=O)N(CCNC(=O)CN3C(=O)NC4(CCCC4)C3=O)C2=O)cc1OC. The number of nitrogens with one attached hydrogen (secondary N) is 2. The number of ether oxygens (including phenoxy) is 2. The van der Waals surface area contributed by atoms with E-state index < -0.39 is 35.2 Å². The average molecular weight is 517 g/mol. The maximum absolute atomic E-state index is 12.8. The molecule has 1 saturated carbocycles. The van der Waals surface area contributed by atoms with Crippen LogP contribution >= 0.6 is 11.8 Å². The molecular formula is C24H28N4O7S. The lowest BCUT2D eigenvalue weighted by Crippen LogP contribution is -2.46. The zero-order valence-corrected chi connectivity index (χ0v) is 20.9. The number of methoxy groups -OCH3 is 1. The number of urea groups is 1. The Kier molecular flexibility index (Phi) is 7.53. The van der Waals surface area contributed by atoms with E-state index in [0.29, 0.717) is 36.5 Å². The monoisotopic (exact) mass is 516 g/mol. The number of carbonyl (C=O) groups excluding carboxylic acids is 5. The Morgan fingerprint density at radius 2 is 1.92 bits per heavy atom. The Balaban J connectivity index is 1.31. The van der Waals surface area contributed by atoms with E-state index in [9.17, 15) is 24.0 Å². The molecule has 2 N–H and O–H groups in total. The highest BCUT2D eigenvalue weighted by Gasteiger charge is 2.52. The van der Waals surface area contributed by atoms with Crippen LogP contribution in [0, 0.1) is 0 Å². The average Bonchev–Trinajstić information content (AvgIpc) is 3.49. The summed E-state index contributed by atoms with van der Waals surface area (Å²) in [6, 6.07) is 4.63. The molecule has 1 spiro atoms. The molecule has 6 amide bonds. The van der Waals surface area contributed by atoms with E-state index in [0.717, 1.165) is 34.4 Å². The Morgan fingerprint density at radius 1 is 1.17 bits per heavy atom. The van der Waals surface area contributed by atoms with Crippen LogP contribution in [0.1, 0.15) is 38.2 Å². The molecule has 36 heavy (non-hydrogen) atoms. The predicted octanol–water partition coefficient (Wildman–Crippen LogP) is 2.11. The van der Waals surface area contributed by atoms with Gasteiger partial charge in [-0.1, -0.05) is 18.9 Å². The minimum Gasteiger partial charge on any atom is -0.493 e. The fourth-order valence-electron chi connectivity index (χ4n) is 4.54. The number of nitrogens with zero attached hydrogens (tertiary/aromatic N) is 2. The van der Waals surface area contributed by atoms with Gasteiger partial charge in [0.05, 0.1) is 18.6 Å². The Bertz CT molecular complexity index is 1130. The maximum atomic E-state index is 12.8. The van der Waals surface area contributed by atoms with Crippen molar-refractivity contribution < 1.29 is 33.4 Å². The van der Waals surface area contributed by atoms with Crippen LogP contribution in [0.4, 0.5) is 9.59 Å².